The largest absolute Gasteiger partial charge is 0.508 e. The number of hydrogen-bond donors (Lipinski definition) is 3. The van der Waals surface area contributed by atoms with Crippen LogP contribution in [0.1, 0.15) is 17.0 Å². The first-order valence-electron chi connectivity index (χ1n) is 8.47. The molecule has 0 saturated carbocycles. The summed E-state index contributed by atoms with van der Waals surface area (Å²) in [6, 6.07) is 13.0. The van der Waals surface area contributed by atoms with E-state index in [-0.39, 0.29) is 30.3 Å². The number of β-amino-alcohol motifs (C(OH)–C–C–N with tert-alkyl or cyclic N) is 1. The minimum atomic E-state index is -3.74. The van der Waals surface area contributed by atoms with E-state index < -0.39 is 28.0 Å². The number of nitrogens with zero attached hydrogens (tertiary/aromatic N) is 1. The van der Waals surface area contributed by atoms with Gasteiger partial charge in [0.15, 0.2) is 0 Å². The van der Waals surface area contributed by atoms with Gasteiger partial charge in [0, 0.05) is 31.5 Å². The molecule has 1 saturated heterocycles. The molecule has 0 radical (unpaired) electrons. The number of aromatic hydroxyl groups is 1. The van der Waals surface area contributed by atoms with Gasteiger partial charge in [-0.15, -0.1) is 0 Å². The minimum absolute atomic E-state index is 0.0434. The third kappa shape index (κ3) is 3.61. The third-order valence-electron chi connectivity index (χ3n) is 4.92. The molecule has 3 rings (SSSR count). The van der Waals surface area contributed by atoms with Gasteiger partial charge in [-0.05, 0) is 36.8 Å². The van der Waals surface area contributed by atoms with Gasteiger partial charge in [-0.1, -0.05) is 29.8 Å². The van der Waals surface area contributed by atoms with Crippen LogP contribution in [0.25, 0.3) is 0 Å². The molecule has 0 spiro atoms. The van der Waals surface area contributed by atoms with Crippen molar-refractivity contribution in [1.82, 2.24) is 4.31 Å². The second kappa shape index (κ2) is 7.36. The Kier molecular flexibility index (Phi) is 5.34. The topological polar surface area (TPSA) is 98.1 Å². The van der Waals surface area contributed by atoms with Crippen LogP contribution in [0.3, 0.4) is 0 Å². The van der Waals surface area contributed by atoms with Crippen molar-refractivity contribution >= 4 is 10.0 Å². The van der Waals surface area contributed by atoms with Crippen LogP contribution in [-0.4, -0.2) is 53.8 Å². The smallest absolute Gasteiger partial charge is 0.243 e. The Balaban J connectivity index is 1.88. The number of aryl methyl sites for hydroxylation is 1. The van der Waals surface area contributed by atoms with Gasteiger partial charge in [0.25, 0.3) is 0 Å². The minimum Gasteiger partial charge on any atom is -0.508 e. The van der Waals surface area contributed by atoms with Crippen molar-refractivity contribution in [2.75, 3.05) is 19.7 Å². The molecule has 0 aliphatic carbocycles. The van der Waals surface area contributed by atoms with E-state index in [1.54, 1.807) is 36.4 Å². The fourth-order valence-electron chi connectivity index (χ4n) is 3.50. The summed E-state index contributed by atoms with van der Waals surface area (Å²) in [4.78, 5) is 0.176. The van der Waals surface area contributed by atoms with Crippen molar-refractivity contribution in [2.45, 2.75) is 23.8 Å². The molecule has 1 heterocycles. The standard InChI is InChI=1S/C19H23NO5S/c1-13-2-8-17(9-3-13)26(24,25)20-10-15(12-21)19(18(23)11-20)14-4-6-16(22)7-5-14/h2-9,15,18-19,21-23H,10-12H2,1H3/t15-,18-,19-/m1/s1. The van der Waals surface area contributed by atoms with Crippen LogP contribution in [-0.2, 0) is 10.0 Å². The molecule has 2 aromatic rings. The summed E-state index contributed by atoms with van der Waals surface area (Å²) in [5, 5.41) is 29.9. The van der Waals surface area contributed by atoms with Gasteiger partial charge >= 0.3 is 0 Å². The molecule has 0 bridgehead atoms. The number of phenols is 1. The Morgan fingerprint density at radius 1 is 1.04 bits per heavy atom. The van der Waals surface area contributed by atoms with Gasteiger partial charge < -0.3 is 15.3 Å². The van der Waals surface area contributed by atoms with Crippen LogP contribution in [0.4, 0.5) is 0 Å². The molecular formula is C19H23NO5S. The van der Waals surface area contributed by atoms with Gasteiger partial charge in [0.1, 0.15) is 5.75 Å². The van der Waals surface area contributed by atoms with Crippen LogP contribution in [0.15, 0.2) is 53.4 Å². The lowest BCUT2D eigenvalue weighted by molar-refractivity contribution is 0.0299. The monoisotopic (exact) mass is 377 g/mol. The first kappa shape index (κ1) is 18.8. The van der Waals surface area contributed by atoms with Crippen LogP contribution in [0, 0.1) is 12.8 Å². The second-order valence-corrected chi connectivity index (χ2v) is 8.70. The first-order valence-corrected chi connectivity index (χ1v) is 9.91. The predicted octanol–water partition coefficient (Wildman–Crippen LogP) is 1.46. The van der Waals surface area contributed by atoms with Gasteiger partial charge in [0.2, 0.25) is 10.0 Å². The maximum Gasteiger partial charge on any atom is 0.243 e. The Bertz CT molecular complexity index is 849. The van der Waals surface area contributed by atoms with E-state index in [0.29, 0.717) is 0 Å². The Morgan fingerprint density at radius 3 is 2.23 bits per heavy atom. The van der Waals surface area contributed by atoms with Crippen LogP contribution >= 0.6 is 0 Å². The molecule has 26 heavy (non-hydrogen) atoms. The zero-order valence-electron chi connectivity index (χ0n) is 14.5. The highest BCUT2D eigenvalue weighted by Gasteiger charge is 2.41. The summed E-state index contributed by atoms with van der Waals surface area (Å²) in [5.74, 6) is -0.725. The number of phenolic OH excluding ortho intramolecular Hbond substituents is 1. The van der Waals surface area contributed by atoms with Crippen molar-refractivity contribution in [1.29, 1.82) is 0 Å². The van der Waals surface area contributed by atoms with E-state index in [1.807, 2.05) is 6.92 Å². The number of piperidine rings is 1. The van der Waals surface area contributed by atoms with E-state index in [4.69, 9.17) is 0 Å². The van der Waals surface area contributed by atoms with E-state index in [9.17, 15) is 23.7 Å². The molecule has 1 fully saturated rings. The van der Waals surface area contributed by atoms with Crippen molar-refractivity contribution in [2.24, 2.45) is 5.92 Å². The number of rotatable bonds is 4. The highest BCUT2D eigenvalue weighted by molar-refractivity contribution is 7.89. The van der Waals surface area contributed by atoms with E-state index in [2.05, 4.69) is 0 Å². The Hall–Kier alpha value is -1.93. The lowest BCUT2D eigenvalue weighted by atomic mass is 9.79. The van der Waals surface area contributed by atoms with Gasteiger partial charge in [-0.3, -0.25) is 0 Å². The Labute approximate surface area is 153 Å². The quantitative estimate of drug-likeness (QED) is 0.749. The molecule has 7 heteroatoms. The molecule has 1 aliphatic rings. The van der Waals surface area contributed by atoms with Crippen LogP contribution < -0.4 is 0 Å². The molecule has 2 aromatic carbocycles. The zero-order chi connectivity index (χ0) is 18.9. The summed E-state index contributed by atoms with van der Waals surface area (Å²) in [7, 11) is -3.74. The molecular weight excluding hydrogens is 354 g/mol. The average molecular weight is 377 g/mol. The van der Waals surface area contributed by atoms with E-state index >= 15 is 0 Å². The van der Waals surface area contributed by atoms with E-state index in [0.717, 1.165) is 11.1 Å². The van der Waals surface area contributed by atoms with Crippen molar-refractivity contribution in [3.63, 3.8) is 0 Å². The molecule has 3 atom stereocenters. The Morgan fingerprint density at radius 2 is 1.65 bits per heavy atom. The number of hydrogen-bond acceptors (Lipinski definition) is 5. The van der Waals surface area contributed by atoms with Crippen molar-refractivity contribution in [3.05, 3.63) is 59.7 Å². The molecule has 140 valence electrons. The summed E-state index contributed by atoms with van der Waals surface area (Å²) >= 11 is 0. The zero-order valence-corrected chi connectivity index (χ0v) is 15.3. The third-order valence-corrected chi connectivity index (χ3v) is 6.77. The molecule has 3 N–H and O–H groups in total. The summed E-state index contributed by atoms with van der Waals surface area (Å²) in [6.07, 6.45) is -0.953. The lowest BCUT2D eigenvalue weighted by Gasteiger charge is -2.40. The average Bonchev–Trinajstić information content (AvgIpc) is 2.62. The number of aliphatic hydroxyl groups is 2. The normalized spacial score (nSPS) is 24.5. The van der Waals surface area contributed by atoms with Crippen molar-refractivity contribution in [3.8, 4) is 5.75 Å². The van der Waals surface area contributed by atoms with Crippen LogP contribution in [0.5, 0.6) is 5.75 Å². The highest BCUT2D eigenvalue weighted by atomic mass is 32.2. The summed E-state index contributed by atoms with van der Waals surface area (Å²) in [5.41, 5.74) is 1.73. The maximum atomic E-state index is 12.9. The number of aliphatic hydroxyl groups excluding tert-OH is 2. The number of benzene rings is 2. The summed E-state index contributed by atoms with van der Waals surface area (Å²) in [6.45, 7) is 1.71. The molecule has 1 aliphatic heterocycles. The summed E-state index contributed by atoms with van der Waals surface area (Å²) < 4.78 is 27.0. The highest BCUT2D eigenvalue weighted by Crippen LogP contribution is 2.35. The molecule has 6 nitrogen and oxygen atoms in total. The SMILES string of the molecule is Cc1ccc(S(=O)(=O)N2C[C@H](CO)[C@@H](c3ccc(O)cc3)[C@H](O)C2)cc1. The fourth-order valence-corrected chi connectivity index (χ4v) is 5.02. The fraction of sp³-hybridized carbons (Fsp3) is 0.368. The van der Waals surface area contributed by atoms with Gasteiger partial charge in [0.05, 0.1) is 11.0 Å². The predicted molar refractivity (Wildman–Crippen MR) is 97.4 cm³/mol. The number of sulfonamides is 1. The maximum absolute atomic E-state index is 12.9. The molecule has 0 unspecified atom stereocenters. The first-order chi connectivity index (χ1) is 12.3. The van der Waals surface area contributed by atoms with Gasteiger partial charge in [-0.25, -0.2) is 8.42 Å². The van der Waals surface area contributed by atoms with Crippen LogP contribution in [0.2, 0.25) is 0 Å². The second-order valence-electron chi connectivity index (χ2n) is 6.76. The van der Waals surface area contributed by atoms with Crippen molar-refractivity contribution < 1.29 is 23.7 Å². The lowest BCUT2D eigenvalue weighted by Crippen LogP contribution is -2.51. The van der Waals surface area contributed by atoms with Gasteiger partial charge in [-0.2, -0.15) is 4.31 Å². The molecule has 0 amide bonds. The molecule has 0 aromatic heterocycles. The van der Waals surface area contributed by atoms with E-state index in [1.165, 1.54) is 16.4 Å².